The molecule has 8 heteroatoms. The maximum atomic E-state index is 12.8. The number of guanidine groups is 1. The number of carbonyl (C=O) groups is 1. The van der Waals surface area contributed by atoms with E-state index in [0.717, 1.165) is 18.6 Å². The minimum absolute atomic E-state index is 0.0808. The Morgan fingerprint density at radius 3 is 2.30 bits per heavy atom. The van der Waals surface area contributed by atoms with Crippen molar-refractivity contribution in [1.29, 1.82) is 5.26 Å². The summed E-state index contributed by atoms with van der Waals surface area (Å²) in [7, 11) is 3.30. The SMILES string of the molecule is C#C.C=CCN=C(N)NC#N.COc1ccccc1C(=O)NCC1(c2ccccc2OC)CCCCC1. The Balaban J connectivity index is 0.000000529. The molecule has 1 saturated carbocycles. The van der Waals surface area contributed by atoms with Gasteiger partial charge in [-0.05, 0) is 31.0 Å². The standard InChI is InChI=1S/C22H27NO3.C5H8N4.C2H2/c1-25-19-12-6-4-10-17(19)21(24)23-16-22(14-8-3-9-15-22)18-11-5-7-13-20(18)26-2;1-2-3-8-5(7)9-4-6;1-2/h4-7,10-13H,3,8-9,14-16H2,1-2H3,(H,23,24);2H,1,3H2,(H3,7,8,9);1-2H. The van der Waals surface area contributed by atoms with Crippen molar-refractivity contribution in [3.8, 4) is 30.5 Å². The van der Waals surface area contributed by atoms with Crippen LogP contribution < -0.4 is 25.8 Å². The number of nitrogens with one attached hydrogen (secondary N) is 2. The van der Waals surface area contributed by atoms with Crippen molar-refractivity contribution in [3.05, 3.63) is 72.3 Å². The molecule has 0 radical (unpaired) electrons. The molecular weight excluding hydrogens is 466 g/mol. The highest BCUT2D eigenvalue weighted by atomic mass is 16.5. The third-order valence-corrected chi connectivity index (χ3v) is 6.00. The molecule has 2 aromatic carbocycles. The number of nitriles is 1. The molecule has 37 heavy (non-hydrogen) atoms. The average Bonchev–Trinajstić information content (AvgIpc) is 2.96. The lowest BCUT2D eigenvalue weighted by molar-refractivity contribution is 0.0933. The van der Waals surface area contributed by atoms with Gasteiger partial charge in [0.25, 0.3) is 5.91 Å². The molecule has 0 aromatic heterocycles. The number of hydrogen-bond acceptors (Lipinski definition) is 5. The molecule has 0 spiro atoms. The smallest absolute Gasteiger partial charge is 0.255 e. The number of terminal acetylenes is 1. The van der Waals surface area contributed by atoms with Crippen LogP contribution in [0.1, 0.15) is 48.0 Å². The van der Waals surface area contributed by atoms with Gasteiger partial charge >= 0.3 is 0 Å². The molecule has 4 N–H and O–H groups in total. The van der Waals surface area contributed by atoms with Gasteiger partial charge < -0.3 is 20.5 Å². The van der Waals surface area contributed by atoms with Gasteiger partial charge in [0.2, 0.25) is 5.96 Å². The summed E-state index contributed by atoms with van der Waals surface area (Å²) in [6.07, 6.45) is 16.9. The molecule has 0 saturated heterocycles. The number of ether oxygens (including phenoxy) is 2. The van der Waals surface area contributed by atoms with Crippen LogP contribution in [0.2, 0.25) is 0 Å². The second-order valence-corrected chi connectivity index (χ2v) is 8.18. The summed E-state index contributed by atoms with van der Waals surface area (Å²) in [6, 6.07) is 15.5. The average molecular weight is 504 g/mol. The maximum Gasteiger partial charge on any atom is 0.255 e. The lowest BCUT2D eigenvalue weighted by atomic mass is 9.69. The topological polar surface area (TPSA) is 122 Å². The number of para-hydroxylation sites is 2. The van der Waals surface area contributed by atoms with Gasteiger partial charge in [0.15, 0.2) is 6.19 Å². The first kappa shape index (κ1) is 30.6. The summed E-state index contributed by atoms with van der Waals surface area (Å²) in [4.78, 5) is 16.4. The summed E-state index contributed by atoms with van der Waals surface area (Å²) in [5.74, 6) is 1.53. The van der Waals surface area contributed by atoms with E-state index in [-0.39, 0.29) is 17.3 Å². The molecule has 1 aliphatic rings. The molecule has 196 valence electrons. The minimum atomic E-state index is -0.0951. The molecule has 1 fully saturated rings. The lowest BCUT2D eigenvalue weighted by Gasteiger charge is -2.38. The first-order valence-electron chi connectivity index (χ1n) is 11.9. The van der Waals surface area contributed by atoms with E-state index in [1.807, 2.05) is 30.3 Å². The van der Waals surface area contributed by atoms with Crippen LogP contribution >= 0.6 is 0 Å². The molecule has 8 nitrogen and oxygen atoms in total. The zero-order valence-corrected chi connectivity index (χ0v) is 21.7. The first-order valence-corrected chi connectivity index (χ1v) is 11.9. The monoisotopic (exact) mass is 503 g/mol. The second-order valence-electron chi connectivity index (χ2n) is 8.18. The van der Waals surface area contributed by atoms with Gasteiger partial charge in [-0.3, -0.25) is 10.1 Å². The summed E-state index contributed by atoms with van der Waals surface area (Å²) >= 11 is 0. The molecular formula is C29H37N5O3. The Morgan fingerprint density at radius 2 is 1.70 bits per heavy atom. The van der Waals surface area contributed by atoms with Gasteiger partial charge in [0.1, 0.15) is 11.5 Å². The Hall–Kier alpha value is -4.43. The van der Waals surface area contributed by atoms with Crippen LogP contribution in [-0.2, 0) is 5.41 Å². The van der Waals surface area contributed by atoms with E-state index < -0.39 is 0 Å². The van der Waals surface area contributed by atoms with Gasteiger partial charge in [-0.2, -0.15) is 5.26 Å². The largest absolute Gasteiger partial charge is 0.496 e. The minimum Gasteiger partial charge on any atom is -0.496 e. The fourth-order valence-corrected chi connectivity index (χ4v) is 4.29. The lowest BCUT2D eigenvalue weighted by Crippen LogP contribution is -2.42. The van der Waals surface area contributed by atoms with Crippen molar-refractivity contribution in [2.45, 2.75) is 37.5 Å². The Morgan fingerprint density at radius 1 is 1.11 bits per heavy atom. The molecule has 0 heterocycles. The van der Waals surface area contributed by atoms with Gasteiger partial charge in [0.05, 0.1) is 26.3 Å². The Kier molecular flexibility index (Phi) is 14.1. The summed E-state index contributed by atoms with van der Waals surface area (Å²) in [5.41, 5.74) is 6.83. The predicted molar refractivity (Wildman–Crippen MR) is 148 cm³/mol. The van der Waals surface area contributed by atoms with E-state index in [0.29, 0.717) is 24.4 Å². The number of hydrogen-bond donors (Lipinski definition) is 3. The summed E-state index contributed by atoms with van der Waals surface area (Å²) < 4.78 is 10.9. The van der Waals surface area contributed by atoms with E-state index in [4.69, 9.17) is 20.5 Å². The van der Waals surface area contributed by atoms with Crippen molar-refractivity contribution in [3.63, 3.8) is 0 Å². The highest BCUT2D eigenvalue weighted by molar-refractivity contribution is 5.97. The number of carbonyl (C=O) groups excluding carboxylic acids is 1. The fraction of sp³-hybridized carbons (Fsp3) is 0.345. The van der Waals surface area contributed by atoms with Gasteiger partial charge in [-0.25, -0.2) is 4.99 Å². The van der Waals surface area contributed by atoms with Crippen molar-refractivity contribution in [2.24, 2.45) is 10.7 Å². The number of nitrogens with zero attached hydrogens (tertiary/aromatic N) is 2. The number of amides is 1. The fourth-order valence-electron chi connectivity index (χ4n) is 4.29. The van der Waals surface area contributed by atoms with Crippen LogP contribution in [-0.4, -0.2) is 39.2 Å². The van der Waals surface area contributed by atoms with Gasteiger partial charge in [0, 0.05) is 17.5 Å². The molecule has 0 unspecified atom stereocenters. The third-order valence-electron chi connectivity index (χ3n) is 6.00. The number of aliphatic imine (C=N–C) groups is 1. The number of nitrogens with two attached hydrogens (primary N) is 1. The quantitative estimate of drug-likeness (QED) is 0.124. The van der Waals surface area contributed by atoms with Gasteiger partial charge in [-0.1, -0.05) is 55.7 Å². The normalized spacial score (nSPS) is 13.6. The second kappa shape index (κ2) is 17.1. The first-order chi connectivity index (χ1) is 18.0. The number of rotatable bonds is 8. The third kappa shape index (κ3) is 9.27. The van der Waals surface area contributed by atoms with Crippen LogP contribution in [0, 0.1) is 24.3 Å². The predicted octanol–water partition coefficient (Wildman–Crippen LogP) is 4.14. The zero-order valence-electron chi connectivity index (χ0n) is 21.7. The number of methoxy groups -OCH3 is 2. The summed E-state index contributed by atoms with van der Waals surface area (Å²) in [5, 5.41) is 13.3. The van der Waals surface area contributed by atoms with E-state index in [1.165, 1.54) is 24.8 Å². The van der Waals surface area contributed by atoms with Crippen molar-refractivity contribution in [2.75, 3.05) is 27.3 Å². The van der Waals surface area contributed by atoms with Gasteiger partial charge in [-0.15, -0.1) is 19.4 Å². The van der Waals surface area contributed by atoms with Crippen LogP contribution in [0.25, 0.3) is 0 Å². The zero-order chi connectivity index (χ0) is 27.5. The molecule has 2 aromatic rings. The molecule has 0 bridgehead atoms. The Bertz CT molecular complexity index is 1080. The van der Waals surface area contributed by atoms with E-state index in [2.05, 4.69) is 47.2 Å². The van der Waals surface area contributed by atoms with Crippen LogP contribution in [0.3, 0.4) is 0 Å². The number of benzene rings is 2. The van der Waals surface area contributed by atoms with Crippen LogP contribution in [0.5, 0.6) is 11.5 Å². The van der Waals surface area contributed by atoms with E-state index >= 15 is 0 Å². The highest BCUT2D eigenvalue weighted by Crippen LogP contribution is 2.42. The van der Waals surface area contributed by atoms with E-state index in [1.54, 1.807) is 32.6 Å². The van der Waals surface area contributed by atoms with Crippen LogP contribution in [0.15, 0.2) is 66.2 Å². The maximum absolute atomic E-state index is 12.8. The van der Waals surface area contributed by atoms with Crippen molar-refractivity contribution < 1.29 is 14.3 Å². The van der Waals surface area contributed by atoms with Crippen LogP contribution in [0.4, 0.5) is 0 Å². The molecule has 1 aliphatic carbocycles. The van der Waals surface area contributed by atoms with Crippen molar-refractivity contribution in [1.82, 2.24) is 10.6 Å². The molecule has 0 aliphatic heterocycles. The van der Waals surface area contributed by atoms with E-state index in [9.17, 15) is 4.79 Å². The van der Waals surface area contributed by atoms with Crippen molar-refractivity contribution >= 4 is 11.9 Å². The highest BCUT2D eigenvalue weighted by Gasteiger charge is 2.36. The summed E-state index contributed by atoms with van der Waals surface area (Å²) in [6.45, 7) is 4.45. The molecule has 0 atom stereocenters. The molecule has 1 amide bonds. The molecule has 3 rings (SSSR count). The Labute approximate surface area is 220 Å².